The van der Waals surface area contributed by atoms with E-state index in [1.165, 1.54) is 12.8 Å². The molecule has 0 aromatic rings. The highest BCUT2D eigenvalue weighted by molar-refractivity contribution is 4.72. The van der Waals surface area contributed by atoms with Crippen LogP contribution in [0.15, 0.2) is 0 Å². The van der Waals surface area contributed by atoms with Crippen LogP contribution >= 0.6 is 0 Å². The van der Waals surface area contributed by atoms with E-state index in [9.17, 15) is 0 Å². The second-order valence-electron chi connectivity index (χ2n) is 4.47. The molecule has 0 aliphatic carbocycles. The van der Waals surface area contributed by atoms with Crippen LogP contribution in [0.5, 0.6) is 0 Å². The molecule has 0 aromatic carbocycles. The lowest BCUT2D eigenvalue weighted by molar-refractivity contribution is -0.00900. The first kappa shape index (κ1) is 12.9. The third-order valence-corrected chi connectivity index (χ3v) is 2.69. The molecule has 2 unspecified atom stereocenters. The summed E-state index contributed by atoms with van der Waals surface area (Å²) in [5.74, 6) is 5.49. The molecule has 3 N–H and O–H groups in total. The Kier molecular flexibility index (Phi) is 6.17. The van der Waals surface area contributed by atoms with E-state index in [1.54, 1.807) is 0 Å². The number of hydrogen-bond acceptors (Lipinski definition) is 4. The average molecular weight is 216 g/mol. The maximum atomic E-state index is 5.67. The molecule has 0 radical (unpaired) electrons. The summed E-state index contributed by atoms with van der Waals surface area (Å²) in [4.78, 5) is 0. The normalized spacial score (nSPS) is 24.4. The van der Waals surface area contributed by atoms with Crippen LogP contribution in [0.2, 0.25) is 0 Å². The zero-order chi connectivity index (χ0) is 11.1. The van der Waals surface area contributed by atoms with Crippen molar-refractivity contribution in [2.45, 2.75) is 57.8 Å². The fourth-order valence-electron chi connectivity index (χ4n) is 1.80. The summed E-state index contributed by atoms with van der Waals surface area (Å²) in [7, 11) is 0. The third kappa shape index (κ3) is 5.47. The molecular formula is C11H24N2O2. The molecule has 0 saturated carbocycles. The molecule has 15 heavy (non-hydrogen) atoms. The van der Waals surface area contributed by atoms with Crippen molar-refractivity contribution in [1.29, 1.82) is 0 Å². The van der Waals surface area contributed by atoms with Crippen molar-refractivity contribution in [2.75, 3.05) is 13.2 Å². The number of nitrogens with one attached hydrogen (secondary N) is 1. The van der Waals surface area contributed by atoms with Gasteiger partial charge >= 0.3 is 0 Å². The summed E-state index contributed by atoms with van der Waals surface area (Å²) in [5.41, 5.74) is 2.80. The first-order chi connectivity index (χ1) is 7.22. The quantitative estimate of drug-likeness (QED) is 0.517. The predicted molar refractivity (Wildman–Crippen MR) is 60.4 cm³/mol. The van der Waals surface area contributed by atoms with Gasteiger partial charge in [0.2, 0.25) is 0 Å². The predicted octanol–water partition coefficient (Wildman–Crippen LogP) is 1.20. The molecule has 1 rings (SSSR count). The topological polar surface area (TPSA) is 56.5 Å². The van der Waals surface area contributed by atoms with Crippen molar-refractivity contribution in [2.24, 2.45) is 5.84 Å². The zero-order valence-corrected chi connectivity index (χ0v) is 9.87. The minimum absolute atomic E-state index is 0.204. The first-order valence-electron chi connectivity index (χ1n) is 5.91. The van der Waals surface area contributed by atoms with Gasteiger partial charge in [-0.05, 0) is 39.5 Å². The summed E-state index contributed by atoms with van der Waals surface area (Å²) in [6.07, 6.45) is 5.18. The smallest absolute Gasteiger partial charge is 0.0637 e. The molecule has 4 heteroatoms. The van der Waals surface area contributed by atoms with Crippen molar-refractivity contribution in [3.8, 4) is 0 Å². The Bertz CT molecular complexity index is 159. The third-order valence-electron chi connectivity index (χ3n) is 2.69. The second-order valence-corrected chi connectivity index (χ2v) is 4.47. The van der Waals surface area contributed by atoms with E-state index in [1.807, 2.05) is 13.8 Å². The van der Waals surface area contributed by atoms with E-state index in [0.29, 0.717) is 12.7 Å². The minimum Gasteiger partial charge on any atom is -0.378 e. The van der Waals surface area contributed by atoms with Crippen molar-refractivity contribution >= 4 is 0 Å². The highest BCUT2D eigenvalue weighted by Gasteiger charge is 2.19. The van der Waals surface area contributed by atoms with Crippen LogP contribution in [0.3, 0.4) is 0 Å². The molecule has 1 heterocycles. The van der Waals surface area contributed by atoms with Crippen LogP contribution < -0.4 is 11.3 Å². The van der Waals surface area contributed by atoms with Crippen LogP contribution in [-0.2, 0) is 9.47 Å². The van der Waals surface area contributed by atoms with E-state index >= 15 is 0 Å². The second kappa shape index (κ2) is 7.17. The molecule has 0 spiro atoms. The van der Waals surface area contributed by atoms with E-state index in [0.717, 1.165) is 19.4 Å². The van der Waals surface area contributed by atoms with Gasteiger partial charge < -0.3 is 9.47 Å². The summed E-state index contributed by atoms with van der Waals surface area (Å²) in [5, 5.41) is 0. The Morgan fingerprint density at radius 2 is 2.27 bits per heavy atom. The van der Waals surface area contributed by atoms with Crippen LogP contribution in [0.1, 0.15) is 39.5 Å². The van der Waals surface area contributed by atoms with Crippen LogP contribution in [0.4, 0.5) is 0 Å². The number of rotatable bonds is 6. The molecule has 1 aliphatic heterocycles. The SMILES string of the molecule is CC(C)OCC(CC1CCCCO1)NN. The highest BCUT2D eigenvalue weighted by atomic mass is 16.5. The monoisotopic (exact) mass is 216 g/mol. The van der Waals surface area contributed by atoms with E-state index in [2.05, 4.69) is 5.43 Å². The fraction of sp³-hybridized carbons (Fsp3) is 1.00. The Balaban J connectivity index is 2.19. The fourth-order valence-corrected chi connectivity index (χ4v) is 1.80. The summed E-state index contributed by atoms with van der Waals surface area (Å²) in [6, 6.07) is 0.204. The molecule has 90 valence electrons. The Hall–Kier alpha value is -0.160. The Labute approximate surface area is 92.5 Å². The van der Waals surface area contributed by atoms with Crippen LogP contribution in [-0.4, -0.2) is 31.5 Å². The molecule has 0 amide bonds. The Morgan fingerprint density at radius 1 is 1.47 bits per heavy atom. The van der Waals surface area contributed by atoms with Gasteiger partial charge in [-0.25, -0.2) is 0 Å². The standard InChI is InChI=1S/C11H24N2O2/c1-9(2)15-8-10(13-12)7-11-5-3-4-6-14-11/h9-11,13H,3-8,12H2,1-2H3. The molecule has 1 aliphatic rings. The molecular weight excluding hydrogens is 192 g/mol. The van der Waals surface area contributed by atoms with E-state index < -0.39 is 0 Å². The summed E-state index contributed by atoms with van der Waals surface area (Å²) in [6.45, 7) is 5.62. The summed E-state index contributed by atoms with van der Waals surface area (Å²) >= 11 is 0. The van der Waals surface area contributed by atoms with Crippen molar-refractivity contribution < 1.29 is 9.47 Å². The highest BCUT2D eigenvalue weighted by Crippen LogP contribution is 2.17. The molecule has 0 bridgehead atoms. The van der Waals surface area contributed by atoms with Gasteiger partial charge in [0, 0.05) is 12.6 Å². The molecule has 0 aromatic heterocycles. The number of nitrogens with two attached hydrogens (primary N) is 1. The Morgan fingerprint density at radius 3 is 2.80 bits per heavy atom. The maximum Gasteiger partial charge on any atom is 0.0637 e. The van der Waals surface area contributed by atoms with Crippen molar-refractivity contribution in [3.05, 3.63) is 0 Å². The van der Waals surface area contributed by atoms with Gasteiger partial charge in [0.25, 0.3) is 0 Å². The van der Waals surface area contributed by atoms with Gasteiger partial charge in [-0.2, -0.15) is 0 Å². The van der Waals surface area contributed by atoms with Gasteiger partial charge in [-0.1, -0.05) is 0 Å². The molecule has 1 saturated heterocycles. The lowest BCUT2D eigenvalue weighted by atomic mass is 10.0. The molecule has 4 nitrogen and oxygen atoms in total. The zero-order valence-electron chi connectivity index (χ0n) is 9.87. The average Bonchev–Trinajstić information content (AvgIpc) is 2.25. The van der Waals surface area contributed by atoms with Gasteiger partial charge in [-0.3, -0.25) is 11.3 Å². The molecule has 1 fully saturated rings. The van der Waals surface area contributed by atoms with Gasteiger partial charge in [0.05, 0.1) is 18.8 Å². The van der Waals surface area contributed by atoms with Gasteiger partial charge in [0.1, 0.15) is 0 Å². The number of hydrazine groups is 1. The minimum atomic E-state index is 0.204. The van der Waals surface area contributed by atoms with Gasteiger partial charge in [0.15, 0.2) is 0 Å². The number of ether oxygens (including phenoxy) is 2. The van der Waals surface area contributed by atoms with Gasteiger partial charge in [-0.15, -0.1) is 0 Å². The summed E-state index contributed by atoms with van der Waals surface area (Å²) < 4.78 is 11.2. The van der Waals surface area contributed by atoms with Crippen LogP contribution in [0, 0.1) is 0 Å². The van der Waals surface area contributed by atoms with E-state index in [-0.39, 0.29) is 12.1 Å². The van der Waals surface area contributed by atoms with Crippen molar-refractivity contribution in [1.82, 2.24) is 5.43 Å². The van der Waals surface area contributed by atoms with Crippen molar-refractivity contribution in [3.63, 3.8) is 0 Å². The van der Waals surface area contributed by atoms with Crippen LogP contribution in [0.25, 0.3) is 0 Å². The largest absolute Gasteiger partial charge is 0.378 e. The lowest BCUT2D eigenvalue weighted by Gasteiger charge is -2.27. The maximum absolute atomic E-state index is 5.67. The lowest BCUT2D eigenvalue weighted by Crippen LogP contribution is -2.42. The first-order valence-corrected chi connectivity index (χ1v) is 5.91. The molecule has 2 atom stereocenters. The van der Waals surface area contributed by atoms with E-state index in [4.69, 9.17) is 15.3 Å². The number of hydrogen-bond donors (Lipinski definition) is 2.